The molecule has 0 spiro atoms. The van der Waals surface area contributed by atoms with Crippen molar-refractivity contribution in [3.8, 4) is 0 Å². The molecule has 2 aromatic carbocycles. The molecule has 110 valence electrons. The number of carboxylic acids is 1. The Labute approximate surface area is 130 Å². The summed E-state index contributed by atoms with van der Waals surface area (Å²) in [5.74, 6) is -0.194. The Bertz CT molecular complexity index is 581. The van der Waals surface area contributed by atoms with Gasteiger partial charge in [0.15, 0.2) is 0 Å². The van der Waals surface area contributed by atoms with E-state index in [0.29, 0.717) is 12.8 Å². The second-order valence-corrected chi connectivity index (χ2v) is 6.35. The van der Waals surface area contributed by atoms with Gasteiger partial charge in [-0.05, 0) is 43.2 Å². The lowest BCUT2D eigenvalue weighted by Crippen LogP contribution is -2.17. The van der Waals surface area contributed by atoms with Crippen molar-refractivity contribution in [1.82, 2.24) is 0 Å². The van der Waals surface area contributed by atoms with Gasteiger partial charge in [-0.1, -0.05) is 48.0 Å². The van der Waals surface area contributed by atoms with E-state index in [1.54, 1.807) is 11.8 Å². The van der Waals surface area contributed by atoms with Crippen LogP contribution in [0.1, 0.15) is 17.5 Å². The number of rotatable bonds is 7. The summed E-state index contributed by atoms with van der Waals surface area (Å²) in [4.78, 5) is 12.6. The lowest BCUT2D eigenvalue weighted by atomic mass is 9.96. The highest BCUT2D eigenvalue weighted by Crippen LogP contribution is 2.22. The molecular formula is C18H20O2S. The predicted molar refractivity (Wildman–Crippen MR) is 87.8 cm³/mol. The maximum Gasteiger partial charge on any atom is 0.306 e. The van der Waals surface area contributed by atoms with Crippen LogP contribution in [0.5, 0.6) is 0 Å². The quantitative estimate of drug-likeness (QED) is 0.769. The van der Waals surface area contributed by atoms with Crippen LogP contribution >= 0.6 is 11.8 Å². The van der Waals surface area contributed by atoms with Gasteiger partial charge < -0.3 is 5.11 Å². The number of benzene rings is 2. The largest absolute Gasteiger partial charge is 0.481 e. The van der Waals surface area contributed by atoms with Crippen LogP contribution in [0.2, 0.25) is 0 Å². The third kappa shape index (κ3) is 5.27. The van der Waals surface area contributed by atoms with E-state index in [0.717, 1.165) is 11.3 Å². The lowest BCUT2D eigenvalue weighted by molar-refractivity contribution is -0.141. The summed E-state index contributed by atoms with van der Waals surface area (Å²) in [5, 5.41) is 9.39. The van der Waals surface area contributed by atoms with Crippen molar-refractivity contribution in [1.29, 1.82) is 0 Å². The zero-order valence-corrected chi connectivity index (χ0v) is 13.0. The first-order valence-electron chi connectivity index (χ1n) is 7.11. The first kappa shape index (κ1) is 15.6. The Morgan fingerprint density at radius 2 is 1.90 bits per heavy atom. The number of aryl methyl sites for hydroxylation is 1. The summed E-state index contributed by atoms with van der Waals surface area (Å²) in [7, 11) is 0. The summed E-state index contributed by atoms with van der Waals surface area (Å²) in [6.45, 7) is 2.03. The lowest BCUT2D eigenvalue weighted by Gasteiger charge is -2.12. The van der Waals surface area contributed by atoms with Crippen LogP contribution < -0.4 is 0 Å². The van der Waals surface area contributed by atoms with Crippen molar-refractivity contribution in [2.24, 2.45) is 5.92 Å². The molecule has 0 aliphatic carbocycles. The molecule has 0 saturated carbocycles. The van der Waals surface area contributed by atoms with Crippen LogP contribution in [0.3, 0.4) is 0 Å². The molecule has 0 saturated heterocycles. The Morgan fingerprint density at radius 3 is 2.57 bits per heavy atom. The maximum absolute atomic E-state index is 11.4. The van der Waals surface area contributed by atoms with Gasteiger partial charge in [0.2, 0.25) is 0 Å². The first-order valence-corrected chi connectivity index (χ1v) is 8.10. The number of carboxylic acid groups (broad SMARTS) is 1. The highest BCUT2D eigenvalue weighted by atomic mass is 32.2. The smallest absolute Gasteiger partial charge is 0.306 e. The molecule has 1 atom stereocenters. The fourth-order valence-corrected chi connectivity index (χ4v) is 3.26. The molecule has 0 fully saturated rings. The second kappa shape index (κ2) is 7.89. The molecule has 0 radical (unpaired) electrons. The van der Waals surface area contributed by atoms with Gasteiger partial charge in [-0.2, -0.15) is 0 Å². The van der Waals surface area contributed by atoms with E-state index in [4.69, 9.17) is 0 Å². The molecule has 2 aromatic rings. The highest BCUT2D eigenvalue weighted by Gasteiger charge is 2.17. The highest BCUT2D eigenvalue weighted by molar-refractivity contribution is 7.99. The van der Waals surface area contributed by atoms with Crippen molar-refractivity contribution in [3.63, 3.8) is 0 Å². The molecule has 21 heavy (non-hydrogen) atoms. The van der Waals surface area contributed by atoms with E-state index < -0.39 is 5.97 Å². The monoisotopic (exact) mass is 300 g/mol. The van der Waals surface area contributed by atoms with Crippen LogP contribution in [0.25, 0.3) is 0 Å². The summed E-state index contributed by atoms with van der Waals surface area (Å²) >= 11 is 1.72. The fourth-order valence-electron chi connectivity index (χ4n) is 2.27. The predicted octanol–water partition coefficient (Wildman–Crippen LogP) is 4.42. The minimum absolute atomic E-state index is 0.317. The van der Waals surface area contributed by atoms with Gasteiger partial charge in [-0.15, -0.1) is 11.8 Å². The number of hydrogen-bond donors (Lipinski definition) is 1. The number of thioether (sulfide) groups is 1. The van der Waals surface area contributed by atoms with E-state index in [-0.39, 0.29) is 5.92 Å². The maximum atomic E-state index is 11.4. The van der Waals surface area contributed by atoms with E-state index >= 15 is 0 Å². The number of aliphatic carboxylic acids is 1. The molecule has 0 bridgehead atoms. The Balaban J connectivity index is 1.89. The van der Waals surface area contributed by atoms with Gasteiger partial charge >= 0.3 is 5.97 Å². The Hall–Kier alpha value is -1.74. The molecular weight excluding hydrogens is 280 g/mol. The summed E-state index contributed by atoms with van der Waals surface area (Å²) < 4.78 is 0. The third-order valence-corrected chi connectivity index (χ3v) is 4.44. The van der Waals surface area contributed by atoms with E-state index in [2.05, 4.69) is 18.2 Å². The summed E-state index contributed by atoms with van der Waals surface area (Å²) in [5.41, 5.74) is 2.28. The molecule has 2 rings (SSSR count). The first-order chi connectivity index (χ1) is 10.1. The van der Waals surface area contributed by atoms with Crippen LogP contribution in [0.15, 0.2) is 59.5 Å². The zero-order valence-electron chi connectivity index (χ0n) is 12.2. The van der Waals surface area contributed by atoms with Gasteiger partial charge in [0, 0.05) is 4.90 Å². The molecule has 2 nitrogen and oxygen atoms in total. The molecule has 0 amide bonds. The normalized spacial score (nSPS) is 12.0. The molecule has 0 aliphatic rings. The topological polar surface area (TPSA) is 37.3 Å². The van der Waals surface area contributed by atoms with Crippen LogP contribution in [0, 0.1) is 12.8 Å². The van der Waals surface area contributed by atoms with Crippen molar-refractivity contribution < 1.29 is 9.90 Å². The van der Waals surface area contributed by atoms with Gasteiger partial charge in [0.25, 0.3) is 0 Å². The van der Waals surface area contributed by atoms with Gasteiger partial charge in [-0.3, -0.25) is 4.79 Å². The van der Waals surface area contributed by atoms with E-state index in [9.17, 15) is 9.90 Å². The SMILES string of the molecule is Cc1cccc(CC(CCSc2ccccc2)C(=O)O)c1. The number of hydrogen-bond acceptors (Lipinski definition) is 2. The van der Waals surface area contributed by atoms with Crippen LogP contribution in [-0.2, 0) is 11.2 Å². The molecule has 0 heterocycles. The Morgan fingerprint density at radius 1 is 1.14 bits per heavy atom. The van der Waals surface area contributed by atoms with Gasteiger partial charge in [0.05, 0.1) is 5.92 Å². The van der Waals surface area contributed by atoms with Gasteiger partial charge in [-0.25, -0.2) is 0 Å². The summed E-state index contributed by atoms with van der Waals surface area (Å²) in [6, 6.07) is 18.2. The second-order valence-electron chi connectivity index (χ2n) is 5.18. The molecule has 0 aliphatic heterocycles. The minimum Gasteiger partial charge on any atom is -0.481 e. The minimum atomic E-state index is -0.704. The van der Waals surface area contributed by atoms with Crippen LogP contribution in [0.4, 0.5) is 0 Å². The average molecular weight is 300 g/mol. The van der Waals surface area contributed by atoms with Gasteiger partial charge in [0.1, 0.15) is 0 Å². The molecule has 3 heteroatoms. The van der Waals surface area contributed by atoms with Crippen molar-refractivity contribution >= 4 is 17.7 Å². The van der Waals surface area contributed by atoms with Crippen LogP contribution in [-0.4, -0.2) is 16.8 Å². The van der Waals surface area contributed by atoms with Crippen molar-refractivity contribution in [2.75, 3.05) is 5.75 Å². The van der Waals surface area contributed by atoms with E-state index in [1.165, 1.54) is 10.5 Å². The standard InChI is InChI=1S/C18H20O2S/c1-14-6-5-7-15(12-14)13-16(18(19)20)10-11-21-17-8-3-2-4-9-17/h2-9,12,16H,10-11,13H2,1H3,(H,19,20). The molecule has 1 N–H and O–H groups in total. The van der Waals surface area contributed by atoms with E-state index in [1.807, 2.05) is 43.3 Å². The zero-order chi connectivity index (χ0) is 15.1. The summed E-state index contributed by atoms with van der Waals surface area (Å²) in [6.07, 6.45) is 1.29. The Kier molecular flexibility index (Phi) is 5.88. The number of carbonyl (C=O) groups is 1. The average Bonchev–Trinajstić information content (AvgIpc) is 2.47. The molecule has 1 unspecified atom stereocenters. The fraction of sp³-hybridized carbons (Fsp3) is 0.278. The third-order valence-electron chi connectivity index (χ3n) is 3.39. The van der Waals surface area contributed by atoms with Crippen molar-refractivity contribution in [2.45, 2.75) is 24.7 Å². The molecule has 0 aromatic heterocycles. The van der Waals surface area contributed by atoms with Crippen molar-refractivity contribution in [3.05, 3.63) is 65.7 Å².